The predicted octanol–water partition coefficient (Wildman–Crippen LogP) is 0.579. The van der Waals surface area contributed by atoms with Crippen molar-refractivity contribution in [2.45, 2.75) is 25.8 Å². The van der Waals surface area contributed by atoms with Crippen LogP contribution in [0.3, 0.4) is 0 Å². The molecule has 0 aromatic rings. The van der Waals surface area contributed by atoms with Gasteiger partial charge in [0.1, 0.15) is 6.04 Å². The van der Waals surface area contributed by atoms with Crippen LogP contribution in [0.5, 0.6) is 0 Å². The molecule has 1 amide bonds. The number of nitrogens with one attached hydrogen (secondary N) is 1. The van der Waals surface area contributed by atoms with Gasteiger partial charge in [0.25, 0.3) is 0 Å². The first-order valence-electron chi connectivity index (χ1n) is 5.00. The van der Waals surface area contributed by atoms with Gasteiger partial charge >= 0.3 is 12.1 Å². The van der Waals surface area contributed by atoms with Crippen molar-refractivity contribution in [3.05, 3.63) is 0 Å². The number of halogens is 1. The lowest BCUT2D eigenvalue weighted by Gasteiger charge is -2.10. The van der Waals surface area contributed by atoms with E-state index in [4.69, 9.17) is 22.1 Å². The quantitative estimate of drug-likeness (QED) is 0.393. The zero-order valence-corrected chi connectivity index (χ0v) is 9.96. The van der Waals surface area contributed by atoms with Crippen molar-refractivity contribution in [1.82, 2.24) is 5.32 Å². The summed E-state index contributed by atoms with van der Waals surface area (Å²) >= 11 is 5.17. The zero-order chi connectivity index (χ0) is 12.4. The lowest BCUT2D eigenvalue weighted by Crippen LogP contribution is -2.33. The van der Waals surface area contributed by atoms with Crippen LogP contribution in [0, 0.1) is 0 Å². The molecule has 0 aliphatic heterocycles. The van der Waals surface area contributed by atoms with Gasteiger partial charge < -0.3 is 20.5 Å². The van der Waals surface area contributed by atoms with E-state index in [0.717, 1.165) is 0 Å². The third-order valence-corrected chi connectivity index (χ3v) is 1.85. The number of ether oxygens (including phenoxy) is 2. The molecule has 6 nitrogen and oxygen atoms in total. The summed E-state index contributed by atoms with van der Waals surface area (Å²) < 4.78 is 9.15. The Morgan fingerprint density at radius 3 is 2.69 bits per heavy atom. The molecular formula is C9H17ClN2O4. The molecule has 0 aliphatic carbocycles. The van der Waals surface area contributed by atoms with Crippen LogP contribution >= 0.6 is 11.6 Å². The van der Waals surface area contributed by atoms with E-state index in [1.54, 1.807) is 6.92 Å². The average Bonchev–Trinajstić information content (AvgIpc) is 2.24. The molecule has 0 saturated carbocycles. The minimum Gasteiger partial charge on any atom is -0.465 e. The lowest BCUT2D eigenvalue weighted by atomic mass is 10.2. The SMILES string of the molecule is CCOC(=O)C(N)CCCNC(=O)OCCl. The number of alkyl halides is 1. The summed E-state index contributed by atoms with van der Waals surface area (Å²) in [4.78, 5) is 21.9. The molecule has 16 heavy (non-hydrogen) atoms. The van der Waals surface area contributed by atoms with E-state index in [1.165, 1.54) is 0 Å². The van der Waals surface area contributed by atoms with E-state index in [-0.39, 0.29) is 6.07 Å². The van der Waals surface area contributed by atoms with Crippen molar-refractivity contribution < 1.29 is 19.1 Å². The first-order chi connectivity index (χ1) is 7.61. The molecule has 0 aromatic heterocycles. The van der Waals surface area contributed by atoms with Crippen LogP contribution in [-0.4, -0.2) is 37.3 Å². The fourth-order valence-electron chi connectivity index (χ4n) is 0.980. The van der Waals surface area contributed by atoms with Crippen molar-refractivity contribution in [3.63, 3.8) is 0 Å². The van der Waals surface area contributed by atoms with Gasteiger partial charge in [0.05, 0.1) is 6.61 Å². The summed E-state index contributed by atoms with van der Waals surface area (Å²) in [6, 6.07) is -0.834. The summed E-state index contributed by atoms with van der Waals surface area (Å²) in [7, 11) is 0. The topological polar surface area (TPSA) is 90.6 Å². The fraction of sp³-hybridized carbons (Fsp3) is 0.778. The van der Waals surface area contributed by atoms with Gasteiger partial charge in [-0.15, -0.1) is 0 Å². The number of alkyl carbamates (subject to hydrolysis) is 1. The number of hydrogen-bond donors (Lipinski definition) is 2. The Bertz CT molecular complexity index is 226. The molecule has 0 bridgehead atoms. The van der Waals surface area contributed by atoms with E-state index in [1.807, 2.05) is 0 Å². The largest absolute Gasteiger partial charge is 0.465 e. The number of nitrogens with two attached hydrogens (primary N) is 1. The average molecular weight is 253 g/mol. The molecule has 0 heterocycles. The van der Waals surface area contributed by atoms with Gasteiger partial charge in [-0.25, -0.2) is 4.79 Å². The molecule has 0 rings (SSSR count). The number of amides is 1. The Balaban J connectivity index is 3.51. The Labute approximate surface area is 99.4 Å². The van der Waals surface area contributed by atoms with Crippen molar-refractivity contribution in [2.24, 2.45) is 5.73 Å². The fourth-order valence-corrected chi connectivity index (χ4v) is 1.08. The maximum absolute atomic E-state index is 11.1. The van der Waals surface area contributed by atoms with Crippen molar-refractivity contribution in [3.8, 4) is 0 Å². The number of rotatable bonds is 7. The molecule has 94 valence electrons. The Hall–Kier alpha value is -1.01. The Kier molecular flexibility index (Phi) is 8.65. The van der Waals surface area contributed by atoms with E-state index >= 15 is 0 Å². The molecule has 3 N–H and O–H groups in total. The van der Waals surface area contributed by atoms with E-state index < -0.39 is 18.1 Å². The maximum Gasteiger partial charge on any atom is 0.408 e. The number of carbonyl (C=O) groups is 2. The van der Waals surface area contributed by atoms with Crippen molar-refractivity contribution in [1.29, 1.82) is 0 Å². The normalized spacial score (nSPS) is 11.7. The Morgan fingerprint density at radius 2 is 2.12 bits per heavy atom. The van der Waals surface area contributed by atoms with Crippen molar-refractivity contribution >= 4 is 23.7 Å². The van der Waals surface area contributed by atoms with Gasteiger partial charge in [-0.1, -0.05) is 11.6 Å². The van der Waals surface area contributed by atoms with E-state index in [9.17, 15) is 9.59 Å². The second-order valence-corrected chi connectivity index (χ2v) is 3.19. The summed E-state index contributed by atoms with van der Waals surface area (Å²) in [5, 5.41) is 2.46. The Morgan fingerprint density at radius 1 is 1.44 bits per heavy atom. The second kappa shape index (κ2) is 9.23. The standard InChI is InChI=1S/C9H17ClN2O4/c1-2-15-8(13)7(11)4-3-5-12-9(14)16-6-10/h7H,2-6,11H2,1H3,(H,12,14). The summed E-state index contributed by atoms with van der Waals surface area (Å²) in [5.41, 5.74) is 5.54. The molecule has 1 atom stereocenters. The van der Waals surface area contributed by atoms with Crippen LogP contribution in [0.25, 0.3) is 0 Å². The van der Waals surface area contributed by atoms with Crippen LogP contribution in [0.15, 0.2) is 0 Å². The molecule has 0 spiro atoms. The smallest absolute Gasteiger partial charge is 0.408 e. The first-order valence-corrected chi connectivity index (χ1v) is 5.54. The number of hydrogen-bond acceptors (Lipinski definition) is 5. The second-order valence-electron chi connectivity index (χ2n) is 2.97. The zero-order valence-electron chi connectivity index (χ0n) is 9.20. The molecule has 1 unspecified atom stereocenters. The minimum absolute atomic E-state index is 0.186. The third kappa shape index (κ3) is 7.30. The summed E-state index contributed by atoms with van der Waals surface area (Å²) in [6.07, 6.45) is 0.428. The van der Waals surface area contributed by atoms with Crippen molar-refractivity contribution in [2.75, 3.05) is 19.2 Å². The van der Waals surface area contributed by atoms with Gasteiger partial charge in [-0.05, 0) is 19.8 Å². The third-order valence-electron chi connectivity index (χ3n) is 1.74. The van der Waals surface area contributed by atoms with Crippen LogP contribution < -0.4 is 11.1 Å². The van der Waals surface area contributed by atoms with E-state index in [2.05, 4.69) is 10.1 Å². The van der Waals surface area contributed by atoms with Crippen LogP contribution in [0.2, 0.25) is 0 Å². The van der Waals surface area contributed by atoms with Gasteiger partial charge in [0.15, 0.2) is 6.07 Å². The highest BCUT2D eigenvalue weighted by Crippen LogP contribution is 1.96. The highest BCUT2D eigenvalue weighted by Gasteiger charge is 2.13. The minimum atomic E-state index is -0.647. The number of esters is 1. The van der Waals surface area contributed by atoms with Crippen LogP contribution in [-0.2, 0) is 14.3 Å². The molecular weight excluding hydrogens is 236 g/mol. The molecule has 0 radical (unpaired) electrons. The predicted molar refractivity (Wildman–Crippen MR) is 59.0 cm³/mol. The molecule has 7 heteroatoms. The monoisotopic (exact) mass is 252 g/mol. The van der Waals surface area contributed by atoms with Gasteiger partial charge in [0.2, 0.25) is 0 Å². The first kappa shape index (κ1) is 15.0. The highest BCUT2D eigenvalue weighted by atomic mass is 35.5. The van der Waals surface area contributed by atoms with Crippen LogP contribution in [0.4, 0.5) is 4.79 Å². The number of carbonyl (C=O) groups excluding carboxylic acids is 2. The lowest BCUT2D eigenvalue weighted by molar-refractivity contribution is -0.144. The van der Waals surface area contributed by atoms with E-state index in [0.29, 0.717) is 26.0 Å². The van der Waals surface area contributed by atoms with Gasteiger partial charge in [0, 0.05) is 6.54 Å². The van der Waals surface area contributed by atoms with Gasteiger partial charge in [-0.2, -0.15) is 0 Å². The molecule has 0 fully saturated rings. The molecule has 0 aromatic carbocycles. The maximum atomic E-state index is 11.1. The summed E-state index contributed by atoms with van der Waals surface area (Å²) in [6.45, 7) is 2.41. The molecule has 0 saturated heterocycles. The highest BCUT2D eigenvalue weighted by molar-refractivity contribution is 6.17. The van der Waals surface area contributed by atoms with Gasteiger partial charge in [-0.3, -0.25) is 4.79 Å². The summed E-state index contributed by atoms with van der Waals surface area (Å²) in [5.74, 6) is -0.425. The van der Waals surface area contributed by atoms with Crippen LogP contribution in [0.1, 0.15) is 19.8 Å². The molecule has 0 aliphatic rings.